The SMILES string of the molecule is CC(C)=CCC1=CC(c2c(O)cc3c(c2O)C(=O)CC(c2ccc(O)cc2O)O3)C(C(=O)c2ccc(O)c(CC=C(C)C)c2O)C(c2ccc(O)cc2O)C1. The molecule has 4 aromatic rings. The van der Waals surface area contributed by atoms with E-state index >= 15 is 4.79 Å². The normalized spacial score (nSPS) is 19.1. The molecule has 4 atom stereocenters. The van der Waals surface area contributed by atoms with E-state index in [9.17, 15) is 45.6 Å². The van der Waals surface area contributed by atoms with Gasteiger partial charge in [-0.25, -0.2) is 0 Å². The van der Waals surface area contributed by atoms with E-state index in [1.807, 2.05) is 33.8 Å². The van der Waals surface area contributed by atoms with Crippen LogP contribution in [0, 0.1) is 5.92 Å². The molecule has 0 aromatic heterocycles. The minimum Gasteiger partial charge on any atom is -0.508 e. The highest BCUT2D eigenvalue weighted by atomic mass is 16.5. The fourth-order valence-electron chi connectivity index (χ4n) is 7.62. The van der Waals surface area contributed by atoms with Crippen molar-refractivity contribution in [2.45, 2.75) is 71.3 Å². The Balaban J connectivity index is 1.56. The van der Waals surface area contributed by atoms with Crippen LogP contribution < -0.4 is 4.74 Å². The van der Waals surface area contributed by atoms with Gasteiger partial charge in [-0.2, -0.15) is 0 Å². The number of rotatable bonds is 9. The highest BCUT2D eigenvalue weighted by Gasteiger charge is 2.45. The molecule has 11 heteroatoms. The van der Waals surface area contributed by atoms with Crippen LogP contribution in [-0.2, 0) is 6.42 Å². The van der Waals surface area contributed by atoms with E-state index in [4.69, 9.17) is 4.74 Å². The maximum Gasteiger partial charge on any atom is 0.174 e. The molecule has 8 N–H and O–H groups in total. The molecule has 1 heterocycles. The number of Topliss-reactive ketones (excluding diaryl/α,β-unsaturated/α-hetero) is 2. The van der Waals surface area contributed by atoms with Crippen LogP contribution in [0.15, 0.2) is 89.5 Å². The van der Waals surface area contributed by atoms with Gasteiger partial charge in [0.2, 0.25) is 0 Å². The average Bonchev–Trinajstić information content (AvgIpc) is 3.09. The third kappa shape index (κ3) is 7.55. The molecule has 6 rings (SSSR count). The number of carbonyl (C=O) groups is 2. The van der Waals surface area contributed by atoms with E-state index in [0.717, 1.165) is 28.9 Å². The number of hydrogen-bond donors (Lipinski definition) is 8. The van der Waals surface area contributed by atoms with Crippen LogP contribution >= 0.6 is 0 Å². The van der Waals surface area contributed by atoms with Crippen molar-refractivity contribution < 1.29 is 55.2 Å². The van der Waals surface area contributed by atoms with Crippen LogP contribution in [0.4, 0.5) is 0 Å². The topological polar surface area (TPSA) is 205 Å². The number of allylic oxidation sites excluding steroid dienone is 6. The van der Waals surface area contributed by atoms with Crippen molar-refractivity contribution in [3.8, 4) is 51.7 Å². The molecule has 0 saturated heterocycles. The van der Waals surface area contributed by atoms with Gasteiger partial charge in [-0.3, -0.25) is 9.59 Å². The molecule has 0 radical (unpaired) electrons. The summed E-state index contributed by atoms with van der Waals surface area (Å²) in [4.78, 5) is 28.9. The first-order chi connectivity index (χ1) is 26.0. The van der Waals surface area contributed by atoms with Gasteiger partial charge in [0.1, 0.15) is 63.4 Å². The summed E-state index contributed by atoms with van der Waals surface area (Å²) >= 11 is 0. The van der Waals surface area contributed by atoms with Crippen LogP contribution in [0.1, 0.15) is 108 Å². The summed E-state index contributed by atoms with van der Waals surface area (Å²) in [7, 11) is 0. The Bertz CT molecular complexity index is 2290. The van der Waals surface area contributed by atoms with Crippen LogP contribution in [0.5, 0.6) is 51.7 Å². The van der Waals surface area contributed by atoms with E-state index in [1.165, 1.54) is 42.5 Å². The largest absolute Gasteiger partial charge is 0.508 e. The van der Waals surface area contributed by atoms with Gasteiger partial charge in [0.25, 0.3) is 0 Å². The Hall–Kier alpha value is -6.36. The molecule has 0 spiro atoms. The summed E-state index contributed by atoms with van der Waals surface area (Å²) in [5.41, 5.74) is 2.81. The summed E-state index contributed by atoms with van der Waals surface area (Å²) < 4.78 is 6.05. The smallest absolute Gasteiger partial charge is 0.174 e. The zero-order chi connectivity index (χ0) is 39.9. The van der Waals surface area contributed by atoms with Crippen molar-refractivity contribution >= 4 is 11.6 Å². The van der Waals surface area contributed by atoms with Gasteiger partial charge in [-0.1, -0.05) is 41.0 Å². The van der Waals surface area contributed by atoms with Crippen LogP contribution in [0.25, 0.3) is 0 Å². The third-order valence-corrected chi connectivity index (χ3v) is 10.3. The van der Waals surface area contributed by atoms with Crippen LogP contribution in [0.2, 0.25) is 0 Å². The summed E-state index contributed by atoms with van der Waals surface area (Å²) in [6, 6.07) is 11.7. The van der Waals surface area contributed by atoms with Gasteiger partial charge in [0, 0.05) is 52.6 Å². The number of carbonyl (C=O) groups excluding carboxylic acids is 2. The molecule has 286 valence electrons. The number of benzene rings is 4. The predicted molar refractivity (Wildman–Crippen MR) is 205 cm³/mol. The summed E-state index contributed by atoms with van der Waals surface area (Å²) in [5, 5.41) is 87.6. The quantitative estimate of drug-likeness (QED) is 0.0601. The monoisotopic (exact) mass is 748 g/mol. The maximum atomic E-state index is 15.0. The Labute approximate surface area is 318 Å². The minimum absolute atomic E-state index is 0.125. The molecular formula is C44H44O11. The lowest BCUT2D eigenvalue weighted by molar-refractivity contribution is 0.0841. The highest BCUT2D eigenvalue weighted by molar-refractivity contribution is 6.05. The Morgan fingerprint density at radius 3 is 1.95 bits per heavy atom. The van der Waals surface area contributed by atoms with Crippen LogP contribution in [0.3, 0.4) is 0 Å². The number of phenols is 8. The highest BCUT2D eigenvalue weighted by Crippen LogP contribution is 2.56. The number of ketones is 2. The zero-order valence-corrected chi connectivity index (χ0v) is 30.9. The molecule has 0 saturated carbocycles. The molecule has 0 amide bonds. The second kappa shape index (κ2) is 15.2. The van der Waals surface area contributed by atoms with Gasteiger partial charge < -0.3 is 45.6 Å². The van der Waals surface area contributed by atoms with Crippen molar-refractivity contribution in [1.82, 2.24) is 0 Å². The Morgan fingerprint density at radius 2 is 1.33 bits per heavy atom. The van der Waals surface area contributed by atoms with Crippen molar-refractivity contribution in [1.29, 1.82) is 0 Å². The van der Waals surface area contributed by atoms with Gasteiger partial charge in [-0.15, -0.1) is 0 Å². The molecule has 4 unspecified atom stereocenters. The summed E-state index contributed by atoms with van der Waals surface area (Å²) in [6.45, 7) is 7.56. The van der Waals surface area contributed by atoms with Gasteiger partial charge in [0.15, 0.2) is 11.6 Å². The lowest BCUT2D eigenvalue weighted by atomic mass is 9.64. The molecule has 2 aliphatic rings. The first kappa shape index (κ1) is 38.4. The first-order valence-corrected chi connectivity index (χ1v) is 17.9. The van der Waals surface area contributed by atoms with Crippen molar-refractivity contribution in [2.75, 3.05) is 0 Å². The maximum absolute atomic E-state index is 15.0. The molecule has 1 aliphatic carbocycles. The fourth-order valence-corrected chi connectivity index (χ4v) is 7.62. The van der Waals surface area contributed by atoms with E-state index < -0.39 is 52.7 Å². The van der Waals surface area contributed by atoms with E-state index in [1.54, 1.807) is 12.2 Å². The number of hydrogen-bond acceptors (Lipinski definition) is 11. The van der Waals surface area contributed by atoms with Crippen molar-refractivity contribution in [2.24, 2.45) is 5.92 Å². The number of phenolic OH excluding ortho intramolecular Hbond substituents is 8. The molecule has 11 nitrogen and oxygen atoms in total. The molecule has 0 fully saturated rings. The average molecular weight is 749 g/mol. The van der Waals surface area contributed by atoms with Crippen molar-refractivity contribution in [3.05, 3.63) is 123 Å². The third-order valence-electron chi connectivity index (χ3n) is 10.3. The molecule has 55 heavy (non-hydrogen) atoms. The lowest BCUT2D eigenvalue weighted by Crippen LogP contribution is -2.32. The van der Waals surface area contributed by atoms with Gasteiger partial charge in [0.05, 0.1) is 12.0 Å². The van der Waals surface area contributed by atoms with Gasteiger partial charge >= 0.3 is 0 Å². The Kier molecular flexibility index (Phi) is 10.6. The standard InChI is InChI=1S/C44H44O11/c1-21(2)5-7-23-15-30(26-11-8-24(45)17-33(26)48)39(43(53)29-13-14-32(47)28(42(29)52)10-6-22(3)4)31(16-23)40-35(50)20-38-41(44(40)54)36(51)19-37(55-38)27-12-9-25(46)18-34(27)49/h5-6,8-9,11-14,16-18,20,30-31,37,39,45-50,52,54H,7,10,15,19H2,1-4H3. The fraction of sp³-hybridized carbons (Fsp3) is 0.273. The zero-order valence-electron chi connectivity index (χ0n) is 30.9. The van der Waals surface area contributed by atoms with Gasteiger partial charge in [-0.05, 0) is 82.9 Å². The van der Waals surface area contributed by atoms with Crippen molar-refractivity contribution in [3.63, 3.8) is 0 Å². The predicted octanol–water partition coefficient (Wildman–Crippen LogP) is 8.60. The lowest BCUT2D eigenvalue weighted by Gasteiger charge is -2.38. The van der Waals surface area contributed by atoms with E-state index in [0.29, 0.717) is 12.0 Å². The minimum atomic E-state index is -1.23. The second-order valence-corrected chi connectivity index (χ2v) is 14.7. The molecule has 0 bridgehead atoms. The number of ether oxygens (including phenoxy) is 1. The second-order valence-electron chi connectivity index (χ2n) is 14.7. The summed E-state index contributed by atoms with van der Waals surface area (Å²) in [5.74, 6) is -7.38. The van der Waals surface area contributed by atoms with Crippen LogP contribution in [-0.4, -0.2) is 52.4 Å². The Morgan fingerprint density at radius 1 is 0.709 bits per heavy atom. The summed E-state index contributed by atoms with van der Waals surface area (Å²) in [6.07, 6.45) is 4.97. The number of aromatic hydroxyl groups is 8. The molecule has 1 aliphatic heterocycles. The number of fused-ring (bicyclic) bond motifs is 1. The molecular weight excluding hydrogens is 704 g/mol. The molecule has 4 aromatic carbocycles. The van der Waals surface area contributed by atoms with E-state index in [-0.39, 0.29) is 81.6 Å². The van der Waals surface area contributed by atoms with E-state index in [2.05, 4.69) is 0 Å². The first-order valence-electron chi connectivity index (χ1n) is 17.9.